The molecule has 0 saturated carbocycles. The largest absolute Gasteiger partial charge is 0.294 e. The Balaban J connectivity index is 2.48. The number of thioether (sulfide) groups is 1. The smallest absolute Gasteiger partial charge is 0.164 e. The number of rotatable bonds is 4. The van der Waals surface area contributed by atoms with Crippen LogP contribution in [-0.4, -0.2) is 17.8 Å². The molecule has 0 amide bonds. The Labute approximate surface area is 104 Å². The lowest BCUT2D eigenvalue weighted by Gasteiger charge is -2.06. The van der Waals surface area contributed by atoms with Gasteiger partial charge in [0.15, 0.2) is 5.78 Å². The van der Waals surface area contributed by atoms with E-state index >= 15 is 0 Å². The van der Waals surface area contributed by atoms with Crippen LogP contribution in [0.15, 0.2) is 36.4 Å². The van der Waals surface area contributed by atoms with Crippen molar-refractivity contribution in [2.24, 2.45) is 0 Å². The fourth-order valence-corrected chi connectivity index (χ4v) is 2.22. The van der Waals surface area contributed by atoms with Crippen LogP contribution in [0, 0.1) is 5.82 Å². The Kier molecular flexibility index (Phi) is 3.79. The minimum absolute atomic E-state index is 0.0792. The van der Waals surface area contributed by atoms with E-state index in [0.717, 1.165) is 5.75 Å². The zero-order valence-corrected chi connectivity index (χ0v) is 10.4. The maximum absolute atomic E-state index is 13.6. The van der Waals surface area contributed by atoms with Crippen LogP contribution in [0.25, 0.3) is 10.8 Å². The first-order valence-electron chi connectivity index (χ1n) is 5.43. The normalized spacial score (nSPS) is 10.7. The number of carbonyl (C=O) groups is 1. The monoisotopic (exact) mass is 248 g/mol. The SMILES string of the molecule is CSCCC(=O)c1ccc(F)c2ccccc12. The third-order valence-electron chi connectivity index (χ3n) is 2.70. The van der Waals surface area contributed by atoms with Crippen molar-refractivity contribution in [3.63, 3.8) is 0 Å². The Bertz CT molecular complexity index is 551. The Hall–Kier alpha value is -1.35. The summed E-state index contributed by atoms with van der Waals surface area (Å²) < 4.78 is 13.6. The maximum atomic E-state index is 13.6. The zero-order valence-electron chi connectivity index (χ0n) is 9.57. The highest BCUT2D eigenvalue weighted by atomic mass is 32.2. The van der Waals surface area contributed by atoms with Crippen molar-refractivity contribution in [2.75, 3.05) is 12.0 Å². The quantitative estimate of drug-likeness (QED) is 0.763. The summed E-state index contributed by atoms with van der Waals surface area (Å²) in [5.41, 5.74) is 0.621. The molecule has 0 fully saturated rings. The van der Waals surface area contributed by atoms with Gasteiger partial charge in [0.05, 0.1) is 0 Å². The van der Waals surface area contributed by atoms with Crippen molar-refractivity contribution in [2.45, 2.75) is 6.42 Å². The average Bonchev–Trinajstić information content (AvgIpc) is 2.37. The van der Waals surface area contributed by atoms with Crippen molar-refractivity contribution in [3.05, 3.63) is 47.8 Å². The Morgan fingerprint density at radius 3 is 2.59 bits per heavy atom. The van der Waals surface area contributed by atoms with Crippen LogP contribution in [0.1, 0.15) is 16.8 Å². The molecular weight excluding hydrogens is 235 g/mol. The summed E-state index contributed by atoms with van der Waals surface area (Å²) in [6.07, 6.45) is 2.47. The average molecular weight is 248 g/mol. The number of Topliss-reactive ketones (excluding diaryl/α,β-unsaturated/α-hetero) is 1. The van der Waals surface area contributed by atoms with Gasteiger partial charge in [-0.3, -0.25) is 4.79 Å². The molecule has 0 aliphatic carbocycles. The highest BCUT2D eigenvalue weighted by Gasteiger charge is 2.11. The summed E-state index contributed by atoms with van der Waals surface area (Å²) in [5.74, 6) is 0.599. The van der Waals surface area contributed by atoms with Crippen LogP contribution < -0.4 is 0 Å². The van der Waals surface area contributed by atoms with Crippen molar-refractivity contribution in [1.29, 1.82) is 0 Å². The van der Waals surface area contributed by atoms with Gasteiger partial charge in [0.25, 0.3) is 0 Å². The van der Waals surface area contributed by atoms with E-state index < -0.39 is 0 Å². The lowest BCUT2D eigenvalue weighted by atomic mass is 10.00. The number of hydrogen-bond donors (Lipinski definition) is 0. The van der Waals surface area contributed by atoms with Crippen LogP contribution in [0.3, 0.4) is 0 Å². The van der Waals surface area contributed by atoms with Gasteiger partial charge in [0, 0.05) is 23.1 Å². The molecule has 0 atom stereocenters. The van der Waals surface area contributed by atoms with Gasteiger partial charge in [-0.2, -0.15) is 11.8 Å². The Morgan fingerprint density at radius 2 is 1.88 bits per heavy atom. The first kappa shape index (κ1) is 12.1. The second kappa shape index (κ2) is 5.32. The minimum Gasteiger partial charge on any atom is -0.294 e. The summed E-state index contributed by atoms with van der Waals surface area (Å²) >= 11 is 1.64. The summed E-state index contributed by atoms with van der Waals surface area (Å²) in [6, 6.07) is 10.1. The molecule has 0 radical (unpaired) electrons. The molecule has 0 saturated heterocycles. The van der Waals surface area contributed by atoms with Crippen LogP contribution >= 0.6 is 11.8 Å². The van der Waals surface area contributed by atoms with Crippen LogP contribution in [0.5, 0.6) is 0 Å². The first-order valence-corrected chi connectivity index (χ1v) is 6.83. The van der Waals surface area contributed by atoms with Crippen molar-refractivity contribution in [3.8, 4) is 0 Å². The van der Waals surface area contributed by atoms with Gasteiger partial charge in [-0.25, -0.2) is 4.39 Å². The molecule has 0 spiro atoms. The molecule has 0 aromatic heterocycles. The van der Waals surface area contributed by atoms with Crippen molar-refractivity contribution >= 4 is 28.3 Å². The standard InChI is InChI=1S/C14H13FOS/c1-17-9-8-14(16)12-6-7-13(15)11-5-3-2-4-10(11)12/h2-7H,8-9H2,1H3. The van der Waals surface area contributed by atoms with Gasteiger partial charge in [0.2, 0.25) is 0 Å². The number of carbonyl (C=O) groups excluding carboxylic acids is 1. The van der Waals surface area contributed by atoms with Gasteiger partial charge in [-0.05, 0) is 23.8 Å². The van der Waals surface area contributed by atoms with Gasteiger partial charge in [-0.1, -0.05) is 24.3 Å². The van der Waals surface area contributed by atoms with Gasteiger partial charge >= 0.3 is 0 Å². The number of halogens is 1. The predicted molar refractivity (Wildman–Crippen MR) is 71.2 cm³/mol. The summed E-state index contributed by atoms with van der Waals surface area (Å²) in [5, 5.41) is 1.22. The van der Waals surface area contributed by atoms with E-state index in [1.54, 1.807) is 36.0 Å². The molecule has 0 heterocycles. The molecule has 88 valence electrons. The topological polar surface area (TPSA) is 17.1 Å². The minimum atomic E-state index is -0.276. The molecule has 2 aromatic rings. The zero-order chi connectivity index (χ0) is 12.3. The highest BCUT2D eigenvalue weighted by Crippen LogP contribution is 2.23. The van der Waals surface area contributed by atoms with Crippen LogP contribution in [0.2, 0.25) is 0 Å². The predicted octanol–water partition coefficient (Wildman–Crippen LogP) is 3.91. The molecule has 0 aliphatic heterocycles. The molecule has 0 N–H and O–H groups in total. The third-order valence-corrected chi connectivity index (χ3v) is 3.32. The van der Waals surface area contributed by atoms with Gasteiger partial charge < -0.3 is 0 Å². The van der Waals surface area contributed by atoms with Gasteiger partial charge in [0.1, 0.15) is 5.82 Å². The lowest BCUT2D eigenvalue weighted by Crippen LogP contribution is -2.02. The van der Waals surface area contributed by atoms with E-state index in [-0.39, 0.29) is 11.6 Å². The van der Waals surface area contributed by atoms with Gasteiger partial charge in [-0.15, -0.1) is 0 Å². The van der Waals surface area contributed by atoms with E-state index in [9.17, 15) is 9.18 Å². The number of benzene rings is 2. The van der Waals surface area contributed by atoms with E-state index in [1.165, 1.54) is 6.07 Å². The van der Waals surface area contributed by atoms with E-state index in [2.05, 4.69) is 0 Å². The van der Waals surface area contributed by atoms with Crippen LogP contribution in [-0.2, 0) is 0 Å². The van der Waals surface area contributed by atoms with E-state index in [0.29, 0.717) is 22.8 Å². The number of ketones is 1. The third kappa shape index (κ3) is 2.50. The molecule has 0 bridgehead atoms. The molecule has 3 heteroatoms. The summed E-state index contributed by atoms with van der Waals surface area (Å²) in [7, 11) is 0. The number of hydrogen-bond acceptors (Lipinski definition) is 2. The van der Waals surface area contributed by atoms with Crippen molar-refractivity contribution in [1.82, 2.24) is 0 Å². The fraction of sp³-hybridized carbons (Fsp3) is 0.214. The first-order chi connectivity index (χ1) is 8.24. The number of fused-ring (bicyclic) bond motifs is 1. The molecule has 0 unspecified atom stereocenters. The van der Waals surface area contributed by atoms with E-state index in [4.69, 9.17) is 0 Å². The van der Waals surface area contributed by atoms with E-state index in [1.807, 2.05) is 12.3 Å². The lowest BCUT2D eigenvalue weighted by molar-refractivity contribution is 0.0991. The van der Waals surface area contributed by atoms with Crippen LogP contribution in [0.4, 0.5) is 4.39 Å². The van der Waals surface area contributed by atoms with Crippen molar-refractivity contribution < 1.29 is 9.18 Å². The molecule has 17 heavy (non-hydrogen) atoms. The maximum Gasteiger partial charge on any atom is 0.164 e. The fourth-order valence-electron chi connectivity index (χ4n) is 1.83. The molecule has 2 rings (SSSR count). The second-order valence-corrected chi connectivity index (χ2v) is 4.79. The molecule has 2 aromatic carbocycles. The summed E-state index contributed by atoms with van der Waals surface area (Å²) in [4.78, 5) is 12.0. The molecular formula is C14H13FOS. The molecule has 1 nitrogen and oxygen atoms in total. The Morgan fingerprint density at radius 1 is 1.18 bits per heavy atom. The highest BCUT2D eigenvalue weighted by molar-refractivity contribution is 7.98. The summed E-state index contributed by atoms with van der Waals surface area (Å²) in [6.45, 7) is 0. The second-order valence-electron chi connectivity index (χ2n) is 3.81. The molecule has 0 aliphatic rings.